The summed E-state index contributed by atoms with van der Waals surface area (Å²) in [6.45, 7) is 5.61. The lowest BCUT2D eigenvalue weighted by atomic mass is 9.90. The molecule has 29 heavy (non-hydrogen) atoms. The highest BCUT2D eigenvalue weighted by Gasteiger charge is 2.35. The van der Waals surface area contributed by atoms with Crippen molar-refractivity contribution in [2.75, 3.05) is 44.7 Å². The van der Waals surface area contributed by atoms with Crippen molar-refractivity contribution < 1.29 is 14.3 Å². The molecule has 3 heterocycles. The summed E-state index contributed by atoms with van der Waals surface area (Å²) in [7, 11) is 1.88. The minimum Gasteiger partial charge on any atom is -0.378 e. The Hall–Kier alpha value is -2.71. The maximum absolute atomic E-state index is 13.1. The third-order valence-corrected chi connectivity index (χ3v) is 5.74. The number of aromatic nitrogens is 2. The molecule has 8 heteroatoms. The maximum atomic E-state index is 13.1. The van der Waals surface area contributed by atoms with Gasteiger partial charge in [-0.05, 0) is 30.2 Å². The van der Waals surface area contributed by atoms with E-state index in [2.05, 4.69) is 15.7 Å². The maximum Gasteiger partial charge on any atom is 0.254 e. The summed E-state index contributed by atoms with van der Waals surface area (Å²) in [6.07, 6.45) is 3.79. The van der Waals surface area contributed by atoms with Crippen LogP contribution in [0.2, 0.25) is 0 Å². The van der Waals surface area contributed by atoms with E-state index in [0.29, 0.717) is 44.1 Å². The number of anilines is 1. The number of hydrogen-bond acceptors (Lipinski definition) is 5. The Labute approximate surface area is 170 Å². The van der Waals surface area contributed by atoms with Gasteiger partial charge in [0.05, 0.1) is 25.3 Å². The fourth-order valence-corrected chi connectivity index (χ4v) is 4.00. The summed E-state index contributed by atoms with van der Waals surface area (Å²) in [5.74, 6) is -0.165. The average molecular weight is 397 g/mol. The van der Waals surface area contributed by atoms with Crippen LogP contribution in [0.3, 0.4) is 0 Å². The van der Waals surface area contributed by atoms with Crippen molar-refractivity contribution >= 4 is 17.5 Å². The van der Waals surface area contributed by atoms with Crippen LogP contribution in [0.25, 0.3) is 0 Å². The van der Waals surface area contributed by atoms with Crippen LogP contribution in [0, 0.1) is 12.8 Å². The monoisotopic (exact) mass is 397 g/mol. The molecule has 2 aliphatic heterocycles. The van der Waals surface area contributed by atoms with Gasteiger partial charge in [0.25, 0.3) is 5.91 Å². The van der Waals surface area contributed by atoms with Crippen molar-refractivity contribution in [1.82, 2.24) is 20.0 Å². The molecule has 0 aliphatic carbocycles. The van der Waals surface area contributed by atoms with E-state index in [9.17, 15) is 9.59 Å². The highest BCUT2D eigenvalue weighted by molar-refractivity contribution is 5.98. The summed E-state index contributed by atoms with van der Waals surface area (Å²) in [5, 5.41) is 10.6. The molecule has 2 aliphatic rings. The van der Waals surface area contributed by atoms with Crippen molar-refractivity contribution in [1.29, 1.82) is 0 Å². The normalized spacial score (nSPS) is 21.9. The van der Waals surface area contributed by atoms with E-state index in [1.165, 1.54) is 0 Å². The van der Waals surface area contributed by atoms with E-state index >= 15 is 0 Å². The first-order valence-electron chi connectivity index (χ1n) is 10.0. The first-order chi connectivity index (χ1) is 14.0. The third-order valence-electron chi connectivity index (χ3n) is 5.74. The van der Waals surface area contributed by atoms with Crippen molar-refractivity contribution in [2.24, 2.45) is 13.0 Å². The molecular formula is C21H27N5O3. The van der Waals surface area contributed by atoms with Gasteiger partial charge in [0.2, 0.25) is 5.91 Å². The summed E-state index contributed by atoms with van der Waals surface area (Å²) in [6, 6.07) is 5.49. The quantitative estimate of drug-likeness (QED) is 0.808. The largest absolute Gasteiger partial charge is 0.378 e. The molecule has 2 aromatic rings. The standard InChI is InChI=1S/C21H27N5O3/c1-14-3-4-15(21(28)26-5-7-29-8-6-26)9-19(14)24-20(27)18-12-22-11-17(18)16-10-23-25(2)13-16/h3-4,9-10,13,17-18,22H,5-8,11-12H2,1-2H3,(H,24,27)/t17-,18+/m1/s1. The van der Waals surface area contributed by atoms with Crippen LogP contribution in [0.15, 0.2) is 30.6 Å². The Morgan fingerprint density at radius 3 is 2.76 bits per heavy atom. The molecule has 2 saturated heterocycles. The lowest BCUT2D eigenvalue weighted by Crippen LogP contribution is -2.40. The van der Waals surface area contributed by atoms with E-state index in [0.717, 1.165) is 17.7 Å². The number of aryl methyl sites for hydroxylation is 2. The van der Waals surface area contributed by atoms with Gasteiger partial charge in [-0.1, -0.05) is 6.07 Å². The number of carbonyl (C=O) groups excluding carboxylic acids is 2. The first-order valence-corrected chi connectivity index (χ1v) is 10.0. The number of carbonyl (C=O) groups is 2. The predicted molar refractivity (Wildman–Crippen MR) is 109 cm³/mol. The summed E-state index contributed by atoms with van der Waals surface area (Å²) >= 11 is 0. The molecule has 0 spiro atoms. The Kier molecular flexibility index (Phi) is 5.64. The topological polar surface area (TPSA) is 88.5 Å². The number of nitrogens with zero attached hydrogens (tertiary/aromatic N) is 3. The van der Waals surface area contributed by atoms with Crippen LogP contribution in [0.5, 0.6) is 0 Å². The van der Waals surface area contributed by atoms with Gasteiger partial charge in [-0.2, -0.15) is 5.10 Å². The lowest BCUT2D eigenvalue weighted by Gasteiger charge is -2.27. The molecule has 0 unspecified atom stereocenters. The first kappa shape index (κ1) is 19.6. The molecule has 0 radical (unpaired) electrons. The van der Waals surface area contributed by atoms with E-state index in [1.54, 1.807) is 15.6 Å². The molecule has 8 nitrogen and oxygen atoms in total. The van der Waals surface area contributed by atoms with Crippen molar-refractivity contribution in [3.8, 4) is 0 Å². The molecule has 0 bridgehead atoms. The smallest absolute Gasteiger partial charge is 0.254 e. The Morgan fingerprint density at radius 2 is 2.03 bits per heavy atom. The fourth-order valence-electron chi connectivity index (χ4n) is 4.00. The van der Waals surface area contributed by atoms with Crippen LogP contribution in [0.1, 0.15) is 27.4 Å². The Bertz CT molecular complexity index is 903. The molecule has 4 rings (SSSR count). The van der Waals surface area contributed by atoms with Crippen LogP contribution < -0.4 is 10.6 Å². The van der Waals surface area contributed by atoms with Gasteiger partial charge in [-0.15, -0.1) is 0 Å². The zero-order valence-electron chi connectivity index (χ0n) is 16.9. The van der Waals surface area contributed by atoms with Gasteiger partial charge in [-0.25, -0.2) is 0 Å². The highest BCUT2D eigenvalue weighted by atomic mass is 16.5. The molecule has 2 fully saturated rings. The van der Waals surface area contributed by atoms with Crippen LogP contribution in [0.4, 0.5) is 5.69 Å². The number of morpholine rings is 1. The SMILES string of the molecule is Cc1ccc(C(=O)N2CCOCC2)cc1NC(=O)[C@H]1CNC[C@@H]1c1cnn(C)c1. The molecule has 1 aromatic carbocycles. The van der Waals surface area contributed by atoms with Gasteiger partial charge in [0.15, 0.2) is 0 Å². The molecule has 0 saturated carbocycles. The minimum atomic E-state index is -0.183. The van der Waals surface area contributed by atoms with E-state index in [4.69, 9.17) is 4.74 Å². The molecule has 154 valence electrons. The van der Waals surface area contributed by atoms with Gasteiger partial charge in [0, 0.05) is 56.6 Å². The fraction of sp³-hybridized carbons (Fsp3) is 0.476. The van der Waals surface area contributed by atoms with E-state index < -0.39 is 0 Å². The minimum absolute atomic E-state index is 0.0282. The van der Waals surface area contributed by atoms with E-state index in [1.807, 2.05) is 38.5 Å². The predicted octanol–water partition coefficient (Wildman–Crippen LogP) is 1.14. The number of benzene rings is 1. The summed E-state index contributed by atoms with van der Waals surface area (Å²) in [5.41, 5.74) is 3.26. The van der Waals surface area contributed by atoms with Crippen LogP contribution >= 0.6 is 0 Å². The number of rotatable bonds is 4. The summed E-state index contributed by atoms with van der Waals surface area (Å²) < 4.78 is 7.08. The van der Waals surface area contributed by atoms with E-state index in [-0.39, 0.29) is 23.7 Å². The third kappa shape index (κ3) is 4.18. The second-order valence-electron chi connectivity index (χ2n) is 7.74. The second kappa shape index (κ2) is 8.34. The molecule has 2 amide bonds. The van der Waals surface area contributed by atoms with Crippen molar-refractivity contribution in [3.63, 3.8) is 0 Å². The lowest BCUT2D eigenvalue weighted by molar-refractivity contribution is -0.119. The van der Waals surface area contributed by atoms with Crippen LogP contribution in [-0.4, -0.2) is 65.9 Å². The summed E-state index contributed by atoms with van der Waals surface area (Å²) in [4.78, 5) is 27.6. The number of hydrogen-bond donors (Lipinski definition) is 2. The number of ether oxygens (including phenoxy) is 1. The zero-order valence-corrected chi connectivity index (χ0v) is 16.9. The van der Waals surface area contributed by atoms with Gasteiger partial charge in [0.1, 0.15) is 0 Å². The molecule has 2 N–H and O–H groups in total. The second-order valence-corrected chi connectivity index (χ2v) is 7.74. The van der Waals surface area contributed by atoms with Gasteiger partial charge in [-0.3, -0.25) is 14.3 Å². The number of nitrogens with one attached hydrogen (secondary N) is 2. The molecular weight excluding hydrogens is 370 g/mol. The number of amides is 2. The van der Waals surface area contributed by atoms with Crippen molar-refractivity contribution in [3.05, 3.63) is 47.3 Å². The Morgan fingerprint density at radius 1 is 1.24 bits per heavy atom. The van der Waals surface area contributed by atoms with Gasteiger partial charge < -0.3 is 20.3 Å². The molecule has 2 atom stereocenters. The Balaban J connectivity index is 1.49. The average Bonchev–Trinajstić information content (AvgIpc) is 3.38. The van der Waals surface area contributed by atoms with Crippen LogP contribution in [-0.2, 0) is 16.6 Å². The zero-order chi connectivity index (χ0) is 20.4. The molecule has 1 aromatic heterocycles. The highest BCUT2D eigenvalue weighted by Crippen LogP contribution is 2.29. The van der Waals surface area contributed by atoms with Gasteiger partial charge >= 0.3 is 0 Å². The van der Waals surface area contributed by atoms with Crippen molar-refractivity contribution in [2.45, 2.75) is 12.8 Å².